The molecule has 31 heavy (non-hydrogen) atoms. The van der Waals surface area contributed by atoms with Crippen LogP contribution in [0, 0.1) is 5.92 Å². The molecule has 3 rings (SSSR count). The second-order valence-corrected chi connectivity index (χ2v) is 9.60. The van der Waals surface area contributed by atoms with Gasteiger partial charge in [-0.25, -0.2) is 0 Å². The number of nitrogens with zero attached hydrogens (tertiary/aromatic N) is 1. The predicted octanol–water partition coefficient (Wildman–Crippen LogP) is 6.74. The Morgan fingerprint density at radius 1 is 1.16 bits per heavy atom. The van der Waals surface area contributed by atoms with Crippen LogP contribution in [0.5, 0.6) is 0 Å². The zero-order valence-corrected chi connectivity index (χ0v) is 19.9. The first-order valence-electron chi connectivity index (χ1n) is 11.4. The minimum Gasteiger partial charge on any atom is -0.326 e. The average Bonchev–Trinajstić information content (AvgIpc) is 3.16. The second kappa shape index (κ2) is 10.9. The summed E-state index contributed by atoms with van der Waals surface area (Å²) in [4.78, 5) is 27.3. The maximum Gasteiger partial charge on any atom is 0.238 e. The molecule has 1 N–H and O–H groups in total. The third kappa shape index (κ3) is 5.70. The molecule has 2 atom stereocenters. The van der Waals surface area contributed by atoms with Crippen LogP contribution in [0.15, 0.2) is 48.5 Å². The molecule has 0 bridgehead atoms. The minimum atomic E-state index is -0.0867. The number of unbranched alkanes of at least 4 members (excludes halogenated alkanes) is 1. The third-order valence-corrected chi connectivity index (χ3v) is 7.13. The number of amides is 2. The van der Waals surface area contributed by atoms with Gasteiger partial charge >= 0.3 is 0 Å². The van der Waals surface area contributed by atoms with Crippen molar-refractivity contribution in [3.05, 3.63) is 59.7 Å². The number of thioether (sulfide) groups is 1. The molecule has 2 amide bonds. The molecule has 1 saturated heterocycles. The van der Waals surface area contributed by atoms with Crippen molar-refractivity contribution in [1.82, 2.24) is 0 Å². The van der Waals surface area contributed by atoms with Crippen LogP contribution in [-0.2, 0) is 9.59 Å². The van der Waals surface area contributed by atoms with Gasteiger partial charge in [-0.05, 0) is 54.2 Å². The summed E-state index contributed by atoms with van der Waals surface area (Å²) in [5.74, 6) is 1.17. The number of hydrogen-bond acceptors (Lipinski definition) is 3. The zero-order valence-electron chi connectivity index (χ0n) is 19.1. The van der Waals surface area contributed by atoms with Crippen LogP contribution in [0.1, 0.15) is 75.8 Å². The number of rotatable bonds is 9. The van der Waals surface area contributed by atoms with E-state index in [9.17, 15) is 9.59 Å². The van der Waals surface area contributed by atoms with Gasteiger partial charge in [0, 0.05) is 17.3 Å². The Kier molecular flexibility index (Phi) is 8.19. The van der Waals surface area contributed by atoms with E-state index in [4.69, 9.17) is 0 Å². The highest BCUT2D eigenvalue weighted by atomic mass is 32.2. The van der Waals surface area contributed by atoms with Gasteiger partial charge in [0.2, 0.25) is 11.8 Å². The summed E-state index contributed by atoms with van der Waals surface area (Å²) in [5.41, 5.74) is 4.01. The number of benzene rings is 2. The number of nitrogens with one attached hydrogen (secondary N) is 1. The molecule has 0 aromatic heterocycles. The van der Waals surface area contributed by atoms with E-state index in [2.05, 4.69) is 45.1 Å². The van der Waals surface area contributed by atoms with Gasteiger partial charge in [0.15, 0.2) is 0 Å². The summed E-state index contributed by atoms with van der Waals surface area (Å²) in [6.07, 6.45) is 3.93. The lowest BCUT2D eigenvalue weighted by molar-refractivity contribution is -0.120. The molecule has 5 heteroatoms. The van der Waals surface area contributed by atoms with E-state index in [0.717, 1.165) is 42.6 Å². The van der Waals surface area contributed by atoms with E-state index in [-0.39, 0.29) is 23.1 Å². The van der Waals surface area contributed by atoms with Crippen LogP contribution in [0.2, 0.25) is 0 Å². The molecule has 0 radical (unpaired) electrons. The first kappa shape index (κ1) is 23.4. The van der Waals surface area contributed by atoms with Gasteiger partial charge in [-0.15, -0.1) is 11.8 Å². The maximum absolute atomic E-state index is 12.7. The van der Waals surface area contributed by atoms with E-state index in [0.29, 0.717) is 11.7 Å². The smallest absolute Gasteiger partial charge is 0.238 e. The summed E-state index contributed by atoms with van der Waals surface area (Å²) in [5, 5.41) is 3.01. The summed E-state index contributed by atoms with van der Waals surface area (Å²) < 4.78 is 0. The van der Waals surface area contributed by atoms with Crippen molar-refractivity contribution < 1.29 is 9.59 Å². The van der Waals surface area contributed by atoms with Crippen LogP contribution in [0.3, 0.4) is 0 Å². The number of carbonyl (C=O) groups is 2. The SMILES string of the molecule is CCCCC(CC)C(=O)Nc1cccc(C2SCC(=O)N2c2ccc(C(C)C)cc2)c1. The Morgan fingerprint density at radius 3 is 2.55 bits per heavy atom. The van der Waals surface area contributed by atoms with Crippen molar-refractivity contribution in [3.8, 4) is 0 Å². The van der Waals surface area contributed by atoms with Crippen LogP contribution < -0.4 is 10.2 Å². The highest BCUT2D eigenvalue weighted by Crippen LogP contribution is 2.42. The van der Waals surface area contributed by atoms with E-state index in [1.54, 1.807) is 11.8 Å². The molecular formula is C26H34N2O2S. The molecule has 0 aliphatic carbocycles. The van der Waals surface area contributed by atoms with Crippen molar-refractivity contribution in [2.75, 3.05) is 16.0 Å². The van der Waals surface area contributed by atoms with Gasteiger partial charge in [-0.1, -0.05) is 64.8 Å². The van der Waals surface area contributed by atoms with E-state index in [1.165, 1.54) is 5.56 Å². The molecule has 166 valence electrons. The van der Waals surface area contributed by atoms with Gasteiger partial charge in [-0.3, -0.25) is 14.5 Å². The monoisotopic (exact) mass is 438 g/mol. The number of anilines is 2. The van der Waals surface area contributed by atoms with Crippen LogP contribution in [0.25, 0.3) is 0 Å². The van der Waals surface area contributed by atoms with Gasteiger partial charge in [0.05, 0.1) is 5.75 Å². The van der Waals surface area contributed by atoms with E-state index in [1.807, 2.05) is 41.3 Å². The molecule has 4 nitrogen and oxygen atoms in total. The van der Waals surface area contributed by atoms with Crippen molar-refractivity contribution in [2.24, 2.45) is 5.92 Å². The highest BCUT2D eigenvalue weighted by Gasteiger charge is 2.34. The topological polar surface area (TPSA) is 49.4 Å². The molecular weight excluding hydrogens is 404 g/mol. The molecule has 0 saturated carbocycles. The van der Waals surface area contributed by atoms with Crippen molar-refractivity contribution in [3.63, 3.8) is 0 Å². The lowest BCUT2D eigenvalue weighted by Gasteiger charge is -2.25. The zero-order chi connectivity index (χ0) is 22.4. The molecule has 2 aromatic rings. The van der Waals surface area contributed by atoms with Gasteiger partial charge in [0.1, 0.15) is 5.37 Å². The molecule has 2 unspecified atom stereocenters. The number of carbonyl (C=O) groups excluding carboxylic acids is 2. The Morgan fingerprint density at radius 2 is 1.90 bits per heavy atom. The van der Waals surface area contributed by atoms with Crippen molar-refractivity contribution in [1.29, 1.82) is 0 Å². The Balaban J connectivity index is 1.78. The summed E-state index contributed by atoms with van der Waals surface area (Å²) in [6.45, 7) is 8.55. The van der Waals surface area contributed by atoms with E-state index < -0.39 is 0 Å². The lowest BCUT2D eigenvalue weighted by Crippen LogP contribution is -2.28. The molecule has 1 heterocycles. The normalized spacial score (nSPS) is 17.3. The van der Waals surface area contributed by atoms with E-state index >= 15 is 0 Å². The van der Waals surface area contributed by atoms with Gasteiger partial charge in [-0.2, -0.15) is 0 Å². The fourth-order valence-corrected chi connectivity index (χ4v) is 5.12. The lowest BCUT2D eigenvalue weighted by atomic mass is 9.98. The summed E-state index contributed by atoms with van der Waals surface area (Å²) in [7, 11) is 0. The maximum atomic E-state index is 12.7. The highest BCUT2D eigenvalue weighted by molar-refractivity contribution is 8.00. The van der Waals surface area contributed by atoms with Crippen molar-refractivity contribution in [2.45, 2.75) is 64.7 Å². The molecule has 2 aromatic carbocycles. The third-order valence-electron chi connectivity index (χ3n) is 5.91. The fraction of sp³-hybridized carbons (Fsp3) is 0.462. The largest absolute Gasteiger partial charge is 0.326 e. The fourth-order valence-electron chi connectivity index (χ4n) is 3.96. The molecule has 1 aliphatic rings. The predicted molar refractivity (Wildman–Crippen MR) is 132 cm³/mol. The number of hydrogen-bond donors (Lipinski definition) is 1. The standard InChI is InChI=1S/C26H34N2O2S/c1-5-7-9-19(6-2)25(30)27-22-11-8-10-21(16-22)26-28(24(29)17-31-26)23-14-12-20(13-15-23)18(3)4/h8,10-16,18-19,26H,5-7,9,17H2,1-4H3,(H,27,30). The average molecular weight is 439 g/mol. The first-order valence-corrected chi connectivity index (χ1v) is 12.4. The summed E-state index contributed by atoms with van der Waals surface area (Å²) in [6, 6.07) is 16.2. The Hall–Kier alpha value is -2.27. The van der Waals surface area contributed by atoms with Crippen molar-refractivity contribution >= 4 is 35.0 Å². The summed E-state index contributed by atoms with van der Waals surface area (Å²) >= 11 is 1.63. The Bertz CT molecular complexity index is 895. The van der Waals surface area contributed by atoms with Crippen LogP contribution in [0.4, 0.5) is 11.4 Å². The van der Waals surface area contributed by atoms with Gasteiger partial charge < -0.3 is 5.32 Å². The molecule has 1 fully saturated rings. The molecule has 1 aliphatic heterocycles. The molecule has 0 spiro atoms. The van der Waals surface area contributed by atoms with Gasteiger partial charge in [0.25, 0.3) is 0 Å². The Labute approximate surface area is 190 Å². The quantitative estimate of drug-likeness (QED) is 0.471. The second-order valence-electron chi connectivity index (χ2n) is 8.54. The minimum absolute atomic E-state index is 0.0435. The van der Waals surface area contributed by atoms with Crippen LogP contribution in [-0.4, -0.2) is 17.6 Å². The first-order chi connectivity index (χ1) is 14.9. The van der Waals surface area contributed by atoms with Crippen LogP contribution >= 0.6 is 11.8 Å².